The maximum atomic E-state index is 12.4. The summed E-state index contributed by atoms with van der Waals surface area (Å²) in [6, 6.07) is 12.5. The molecular formula is C20H17Cl2N3OS. The molecule has 0 saturated carbocycles. The first-order valence-electron chi connectivity index (χ1n) is 8.67. The lowest BCUT2D eigenvalue weighted by molar-refractivity contribution is 0.102. The Morgan fingerprint density at radius 3 is 2.52 bits per heavy atom. The van der Waals surface area contributed by atoms with Gasteiger partial charge in [0.25, 0.3) is 5.91 Å². The molecule has 4 nitrogen and oxygen atoms in total. The Labute approximate surface area is 171 Å². The highest BCUT2D eigenvalue weighted by molar-refractivity contribution is 7.14. The quantitative estimate of drug-likeness (QED) is 0.568. The number of aromatic nitrogens is 1. The van der Waals surface area contributed by atoms with E-state index in [1.807, 2.05) is 24.3 Å². The number of carbonyl (C=O) groups is 1. The van der Waals surface area contributed by atoms with Gasteiger partial charge in [0, 0.05) is 34.7 Å². The minimum atomic E-state index is -0.269. The minimum Gasteiger partial charge on any atom is -0.348 e. The third-order valence-electron chi connectivity index (χ3n) is 4.48. The van der Waals surface area contributed by atoms with Crippen molar-refractivity contribution >= 4 is 51.3 Å². The lowest BCUT2D eigenvalue weighted by atomic mass is 10.1. The van der Waals surface area contributed by atoms with Crippen LogP contribution in [0.15, 0.2) is 47.8 Å². The summed E-state index contributed by atoms with van der Waals surface area (Å²) in [6.45, 7) is 2.18. The second kappa shape index (κ2) is 7.89. The van der Waals surface area contributed by atoms with E-state index >= 15 is 0 Å². The number of anilines is 2. The molecular weight excluding hydrogens is 401 g/mol. The zero-order valence-electron chi connectivity index (χ0n) is 14.4. The van der Waals surface area contributed by atoms with Gasteiger partial charge in [-0.05, 0) is 43.2 Å². The standard InChI is InChI=1S/C20H17Cl2N3OS/c21-14-5-8-16(17(22)11-14)19(26)23-15-6-3-13(4-7-15)18-12-27-20(24-18)25-9-1-2-10-25/h3-8,11-12H,1-2,9-10H2,(H,23,26). The van der Waals surface area contributed by atoms with E-state index in [0.29, 0.717) is 21.3 Å². The molecule has 0 unspecified atom stereocenters. The zero-order chi connectivity index (χ0) is 18.8. The van der Waals surface area contributed by atoms with Gasteiger partial charge in [0.15, 0.2) is 5.13 Å². The van der Waals surface area contributed by atoms with Crippen molar-refractivity contribution in [2.75, 3.05) is 23.3 Å². The predicted octanol–water partition coefficient (Wildman–Crippen LogP) is 5.97. The fraction of sp³-hybridized carbons (Fsp3) is 0.200. The molecule has 1 saturated heterocycles. The van der Waals surface area contributed by atoms with Crippen molar-refractivity contribution < 1.29 is 4.79 Å². The van der Waals surface area contributed by atoms with Crippen LogP contribution >= 0.6 is 34.5 Å². The molecule has 1 aliphatic heterocycles. The van der Waals surface area contributed by atoms with Crippen LogP contribution in [-0.2, 0) is 0 Å². The van der Waals surface area contributed by atoms with E-state index in [1.165, 1.54) is 12.8 Å². The molecule has 1 aliphatic rings. The Morgan fingerprint density at radius 2 is 1.81 bits per heavy atom. The van der Waals surface area contributed by atoms with Crippen molar-refractivity contribution in [3.63, 3.8) is 0 Å². The third-order valence-corrected chi connectivity index (χ3v) is 5.93. The summed E-state index contributed by atoms with van der Waals surface area (Å²) in [5.74, 6) is -0.269. The van der Waals surface area contributed by atoms with Crippen LogP contribution in [0, 0.1) is 0 Å². The summed E-state index contributed by atoms with van der Waals surface area (Å²) in [7, 11) is 0. The summed E-state index contributed by atoms with van der Waals surface area (Å²) < 4.78 is 0. The second-order valence-electron chi connectivity index (χ2n) is 6.37. The average Bonchev–Trinajstić information content (AvgIpc) is 3.34. The number of amides is 1. The second-order valence-corrected chi connectivity index (χ2v) is 8.05. The van der Waals surface area contributed by atoms with Crippen LogP contribution in [-0.4, -0.2) is 24.0 Å². The molecule has 1 fully saturated rings. The lowest BCUT2D eigenvalue weighted by Crippen LogP contribution is -2.17. The molecule has 0 atom stereocenters. The molecule has 0 radical (unpaired) electrons. The van der Waals surface area contributed by atoms with Crippen molar-refractivity contribution in [2.24, 2.45) is 0 Å². The van der Waals surface area contributed by atoms with Gasteiger partial charge in [-0.15, -0.1) is 11.3 Å². The highest BCUT2D eigenvalue weighted by Crippen LogP contribution is 2.30. The number of hydrogen-bond donors (Lipinski definition) is 1. The first-order valence-corrected chi connectivity index (χ1v) is 10.3. The van der Waals surface area contributed by atoms with Crippen LogP contribution in [0.25, 0.3) is 11.3 Å². The lowest BCUT2D eigenvalue weighted by Gasteiger charge is -2.12. The fourth-order valence-corrected chi connectivity index (χ4v) is 4.43. The van der Waals surface area contributed by atoms with Gasteiger partial charge in [-0.3, -0.25) is 4.79 Å². The molecule has 2 heterocycles. The Morgan fingerprint density at radius 1 is 1.07 bits per heavy atom. The van der Waals surface area contributed by atoms with Gasteiger partial charge in [0.1, 0.15) is 0 Å². The molecule has 1 amide bonds. The zero-order valence-corrected chi connectivity index (χ0v) is 16.7. The molecule has 138 valence electrons. The van der Waals surface area contributed by atoms with Crippen molar-refractivity contribution in [3.8, 4) is 11.3 Å². The van der Waals surface area contributed by atoms with Gasteiger partial charge >= 0.3 is 0 Å². The van der Waals surface area contributed by atoms with Crippen molar-refractivity contribution in [2.45, 2.75) is 12.8 Å². The highest BCUT2D eigenvalue weighted by Gasteiger charge is 2.16. The van der Waals surface area contributed by atoms with E-state index in [4.69, 9.17) is 28.2 Å². The molecule has 2 aromatic carbocycles. The van der Waals surface area contributed by atoms with Crippen molar-refractivity contribution in [1.82, 2.24) is 4.98 Å². The molecule has 0 bridgehead atoms. The SMILES string of the molecule is O=C(Nc1ccc(-c2csc(N3CCCC3)n2)cc1)c1ccc(Cl)cc1Cl. The number of thiazole rings is 1. The number of carbonyl (C=O) groups excluding carboxylic acids is 1. The number of halogens is 2. The molecule has 0 aliphatic carbocycles. The maximum Gasteiger partial charge on any atom is 0.257 e. The van der Waals surface area contributed by atoms with Gasteiger partial charge in [0.05, 0.1) is 16.3 Å². The summed E-state index contributed by atoms with van der Waals surface area (Å²) in [5, 5.41) is 6.84. The molecule has 7 heteroatoms. The highest BCUT2D eigenvalue weighted by atomic mass is 35.5. The minimum absolute atomic E-state index is 0.269. The number of benzene rings is 2. The Kier molecular flexibility index (Phi) is 5.34. The first-order chi connectivity index (χ1) is 13.1. The van der Waals surface area contributed by atoms with Crippen LogP contribution in [0.3, 0.4) is 0 Å². The monoisotopic (exact) mass is 417 g/mol. The van der Waals surface area contributed by atoms with Gasteiger partial charge in [-0.1, -0.05) is 35.3 Å². The summed E-state index contributed by atoms with van der Waals surface area (Å²) in [5.41, 5.74) is 3.07. The van der Waals surface area contributed by atoms with E-state index < -0.39 is 0 Å². The Balaban J connectivity index is 1.46. The molecule has 27 heavy (non-hydrogen) atoms. The maximum absolute atomic E-state index is 12.4. The van der Waals surface area contributed by atoms with E-state index in [-0.39, 0.29) is 5.91 Å². The van der Waals surface area contributed by atoms with Crippen LogP contribution in [0.5, 0.6) is 0 Å². The molecule has 1 aromatic heterocycles. The third kappa shape index (κ3) is 4.10. The van der Waals surface area contributed by atoms with Gasteiger partial charge < -0.3 is 10.2 Å². The van der Waals surface area contributed by atoms with Crippen LogP contribution < -0.4 is 10.2 Å². The van der Waals surface area contributed by atoms with E-state index in [9.17, 15) is 4.79 Å². The van der Waals surface area contributed by atoms with E-state index in [2.05, 4.69) is 15.6 Å². The van der Waals surface area contributed by atoms with Crippen molar-refractivity contribution in [3.05, 3.63) is 63.5 Å². The normalized spacial score (nSPS) is 13.8. The number of hydrogen-bond acceptors (Lipinski definition) is 4. The Bertz CT molecular complexity index is 966. The largest absolute Gasteiger partial charge is 0.348 e. The summed E-state index contributed by atoms with van der Waals surface area (Å²) in [6.07, 6.45) is 2.47. The van der Waals surface area contributed by atoms with E-state index in [1.54, 1.807) is 29.5 Å². The fourth-order valence-electron chi connectivity index (χ4n) is 3.05. The van der Waals surface area contributed by atoms with Crippen LogP contribution in [0.4, 0.5) is 10.8 Å². The average molecular weight is 418 g/mol. The molecule has 4 rings (SSSR count). The first kappa shape index (κ1) is 18.3. The smallest absolute Gasteiger partial charge is 0.257 e. The van der Waals surface area contributed by atoms with Gasteiger partial charge in [-0.2, -0.15) is 0 Å². The molecule has 0 spiro atoms. The van der Waals surface area contributed by atoms with E-state index in [0.717, 1.165) is 29.5 Å². The molecule has 1 N–H and O–H groups in total. The topological polar surface area (TPSA) is 45.2 Å². The number of rotatable bonds is 4. The van der Waals surface area contributed by atoms with Crippen molar-refractivity contribution in [1.29, 1.82) is 0 Å². The predicted molar refractivity (Wildman–Crippen MR) is 113 cm³/mol. The van der Waals surface area contributed by atoms with Crippen LogP contribution in [0.2, 0.25) is 10.0 Å². The van der Waals surface area contributed by atoms with Crippen LogP contribution in [0.1, 0.15) is 23.2 Å². The van der Waals surface area contributed by atoms with Gasteiger partial charge in [0.2, 0.25) is 0 Å². The summed E-state index contributed by atoms with van der Waals surface area (Å²) in [4.78, 5) is 19.5. The number of nitrogens with zero attached hydrogens (tertiary/aromatic N) is 2. The Hall–Kier alpha value is -2.08. The summed E-state index contributed by atoms with van der Waals surface area (Å²) >= 11 is 13.6. The molecule has 3 aromatic rings. The number of nitrogens with one attached hydrogen (secondary N) is 1. The van der Waals surface area contributed by atoms with Gasteiger partial charge in [-0.25, -0.2) is 4.98 Å².